The largest absolute Gasteiger partial charge is 0.491 e. The van der Waals surface area contributed by atoms with E-state index in [2.05, 4.69) is 10.3 Å². The number of benzene rings is 2. The third kappa shape index (κ3) is 4.76. The SMILES string of the molecule is O=C(NCCCOc1cccc2cccnc12)c1ccc(CN2CCCC2=O)cc1. The molecule has 1 aromatic heterocycles. The molecule has 0 spiro atoms. The third-order valence-electron chi connectivity index (χ3n) is 5.22. The zero-order chi connectivity index (χ0) is 20.8. The number of nitrogens with one attached hydrogen (secondary N) is 1. The van der Waals surface area contributed by atoms with Crippen molar-refractivity contribution in [3.05, 3.63) is 71.9 Å². The molecule has 1 saturated heterocycles. The fourth-order valence-electron chi connectivity index (χ4n) is 3.60. The van der Waals surface area contributed by atoms with Crippen molar-refractivity contribution < 1.29 is 14.3 Å². The second-order valence-electron chi connectivity index (χ2n) is 7.40. The molecule has 30 heavy (non-hydrogen) atoms. The van der Waals surface area contributed by atoms with Gasteiger partial charge in [-0.2, -0.15) is 0 Å². The van der Waals surface area contributed by atoms with Crippen LogP contribution >= 0.6 is 0 Å². The normalized spacial score (nSPS) is 13.6. The molecule has 0 aliphatic carbocycles. The van der Waals surface area contributed by atoms with E-state index in [1.165, 1.54) is 0 Å². The van der Waals surface area contributed by atoms with Gasteiger partial charge >= 0.3 is 0 Å². The lowest BCUT2D eigenvalue weighted by atomic mass is 10.1. The fraction of sp³-hybridized carbons (Fsp3) is 0.292. The van der Waals surface area contributed by atoms with E-state index in [0.717, 1.165) is 35.2 Å². The van der Waals surface area contributed by atoms with Crippen molar-refractivity contribution in [2.75, 3.05) is 19.7 Å². The second kappa shape index (κ2) is 9.39. The summed E-state index contributed by atoms with van der Waals surface area (Å²) >= 11 is 0. The van der Waals surface area contributed by atoms with Gasteiger partial charge in [0, 0.05) is 43.2 Å². The number of hydrogen-bond acceptors (Lipinski definition) is 4. The predicted octanol–water partition coefficient (Wildman–Crippen LogP) is 3.56. The highest BCUT2D eigenvalue weighted by molar-refractivity contribution is 5.94. The van der Waals surface area contributed by atoms with Crippen molar-refractivity contribution in [3.8, 4) is 5.75 Å². The average molecular weight is 403 g/mol. The molecule has 0 atom stereocenters. The molecule has 2 amide bonds. The van der Waals surface area contributed by atoms with Crippen LogP contribution in [-0.2, 0) is 11.3 Å². The van der Waals surface area contributed by atoms with E-state index in [9.17, 15) is 9.59 Å². The Hall–Kier alpha value is -3.41. The molecule has 0 unspecified atom stereocenters. The molecule has 4 rings (SSSR count). The Bertz CT molecular complexity index is 1030. The summed E-state index contributed by atoms with van der Waals surface area (Å²) in [6.07, 6.45) is 4.02. The van der Waals surface area contributed by atoms with Gasteiger partial charge in [0.05, 0.1) is 6.61 Å². The minimum absolute atomic E-state index is 0.106. The number of hydrogen-bond donors (Lipinski definition) is 1. The predicted molar refractivity (Wildman–Crippen MR) is 115 cm³/mol. The number of rotatable bonds is 8. The Morgan fingerprint density at radius 2 is 1.93 bits per heavy atom. The molecule has 1 aliphatic heterocycles. The highest BCUT2D eigenvalue weighted by Gasteiger charge is 2.19. The summed E-state index contributed by atoms with van der Waals surface area (Å²) < 4.78 is 5.85. The topological polar surface area (TPSA) is 71.5 Å². The highest BCUT2D eigenvalue weighted by atomic mass is 16.5. The van der Waals surface area contributed by atoms with Gasteiger partial charge in [-0.1, -0.05) is 30.3 Å². The number of carbonyl (C=O) groups is 2. The second-order valence-corrected chi connectivity index (χ2v) is 7.40. The lowest BCUT2D eigenvalue weighted by molar-refractivity contribution is -0.128. The van der Waals surface area contributed by atoms with E-state index in [1.807, 2.05) is 59.5 Å². The minimum atomic E-state index is -0.106. The minimum Gasteiger partial charge on any atom is -0.491 e. The summed E-state index contributed by atoms with van der Waals surface area (Å²) in [5.41, 5.74) is 2.50. The molecule has 3 aromatic rings. The summed E-state index contributed by atoms with van der Waals surface area (Å²) in [6, 6.07) is 17.2. The standard InChI is InChI=1S/C24H25N3O3/c28-22-8-3-15-27(22)17-18-9-11-20(12-10-18)24(29)26-14-4-16-30-21-7-1-5-19-6-2-13-25-23(19)21/h1-2,5-7,9-13H,3-4,8,14-17H2,(H,26,29). The van der Waals surface area contributed by atoms with Gasteiger partial charge in [-0.25, -0.2) is 0 Å². The molecular formula is C24H25N3O3. The average Bonchev–Trinajstić information content (AvgIpc) is 3.18. The van der Waals surface area contributed by atoms with Crippen molar-refractivity contribution in [2.45, 2.75) is 25.8 Å². The van der Waals surface area contributed by atoms with Gasteiger partial charge in [0.15, 0.2) is 0 Å². The Balaban J connectivity index is 1.21. The lowest BCUT2D eigenvalue weighted by Gasteiger charge is -2.15. The number of fused-ring (bicyclic) bond motifs is 1. The van der Waals surface area contributed by atoms with Gasteiger partial charge < -0.3 is 15.0 Å². The molecule has 0 saturated carbocycles. The van der Waals surface area contributed by atoms with Gasteiger partial charge in [0.25, 0.3) is 5.91 Å². The van der Waals surface area contributed by atoms with Crippen LogP contribution < -0.4 is 10.1 Å². The van der Waals surface area contributed by atoms with Crippen molar-refractivity contribution in [1.82, 2.24) is 15.2 Å². The maximum Gasteiger partial charge on any atom is 0.251 e. The Kier molecular flexibility index (Phi) is 6.23. The molecule has 1 fully saturated rings. The Morgan fingerprint density at radius 3 is 2.73 bits per heavy atom. The van der Waals surface area contributed by atoms with Crippen LogP contribution in [0.4, 0.5) is 0 Å². The maximum atomic E-state index is 12.3. The first-order chi connectivity index (χ1) is 14.7. The summed E-state index contributed by atoms with van der Waals surface area (Å²) in [7, 11) is 0. The molecule has 2 aromatic carbocycles. The van der Waals surface area contributed by atoms with Gasteiger partial charge in [0.2, 0.25) is 5.91 Å². The van der Waals surface area contributed by atoms with Crippen molar-refractivity contribution in [2.24, 2.45) is 0 Å². The van der Waals surface area contributed by atoms with Crippen LogP contribution in [0.15, 0.2) is 60.8 Å². The number of aromatic nitrogens is 1. The smallest absolute Gasteiger partial charge is 0.251 e. The highest BCUT2D eigenvalue weighted by Crippen LogP contribution is 2.22. The monoisotopic (exact) mass is 403 g/mol. The number of ether oxygens (including phenoxy) is 1. The van der Waals surface area contributed by atoms with E-state index < -0.39 is 0 Å². The van der Waals surface area contributed by atoms with Crippen molar-refractivity contribution in [1.29, 1.82) is 0 Å². The molecule has 1 N–H and O–H groups in total. The fourth-order valence-corrected chi connectivity index (χ4v) is 3.60. The van der Waals surface area contributed by atoms with E-state index in [4.69, 9.17) is 4.74 Å². The van der Waals surface area contributed by atoms with Crippen LogP contribution in [0.25, 0.3) is 10.9 Å². The van der Waals surface area contributed by atoms with Crippen LogP contribution in [0, 0.1) is 0 Å². The number of nitrogens with zero attached hydrogens (tertiary/aromatic N) is 2. The van der Waals surface area contributed by atoms with E-state index in [0.29, 0.717) is 38.1 Å². The summed E-state index contributed by atoms with van der Waals surface area (Å²) in [4.78, 5) is 30.3. The number of pyridine rings is 1. The van der Waals surface area contributed by atoms with Crippen LogP contribution in [0.3, 0.4) is 0 Å². The molecule has 0 radical (unpaired) electrons. The molecule has 2 heterocycles. The van der Waals surface area contributed by atoms with E-state index >= 15 is 0 Å². The molecule has 1 aliphatic rings. The van der Waals surface area contributed by atoms with Gasteiger partial charge in [0.1, 0.15) is 11.3 Å². The summed E-state index contributed by atoms with van der Waals surface area (Å²) in [5.74, 6) is 0.857. The zero-order valence-corrected chi connectivity index (χ0v) is 16.8. The number of para-hydroxylation sites is 1. The Labute approximate surface area is 175 Å². The first-order valence-corrected chi connectivity index (χ1v) is 10.3. The maximum absolute atomic E-state index is 12.3. The van der Waals surface area contributed by atoms with Gasteiger partial charge in [-0.15, -0.1) is 0 Å². The van der Waals surface area contributed by atoms with Gasteiger partial charge in [-0.05, 0) is 42.7 Å². The number of likely N-dealkylation sites (tertiary alicyclic amines) is 1. The molecule has 0 bridgehead atoms. The number of amides is 2. The van der Waals surface area contributed by atoms with Crippen LogP contribution in [0.5, 0.6) is 5.75 Å². The molecule has 6 nitrogen and oxygen atoms in total. The third-order valence-corrected chi connectivity index (χ3v) is 5.22. The van der Waals surface area contributed by atoms with Crippen molar-refractivity contribution >= 4 is 22.7 Å². The zero-order valence-electron chi connectivity index (χ0n) is 16.8. The number of carbonyl (C=O) groups excluding carboxylic acids is 2. The Morgan fingerprint density at radius 1 is 1.10 bits per heavy atom. The summed E-state index contributed by atoms with van der Waals surface area (Å²) in [6.45, 7) is 2.46. The van der Waals surface area contributed by atoms with Crippen LogP contribution in [-0.4, -0.2) is 41.4 Å². The first-order valence-electron chi connectivity index (χ1n) is 10.3. The van der Waals surface area contributed by atoms with Crippen LogP contribution in [0.2, 0.25) is 0 Å². The van der Waals surface area contributed by atoms with Crippen LogP contribution in [0.1, 0.15) is 35.2 Å². The molecule has 6 heteroatoms. The van der Waals surface area contributed by atoms with Gasteiger partial charge in [-0.3, -0.25) is 14.6 Å². The quantitative estimate of drug-likeness (QED) is 0.584. The molecule has 154 valence electrons. The van der Waals surface area contributed by atoms with Crippen molar-refractivity contribution in [3.63, 3.8) is 0 Å². The first kappa shape index (κ1) is 19.9. The van der Waals surface area contributed by atoms with E-state index in [-0.39, 0.29) is 11.8 Å². The molecular weight excluding hydrogens is 378 g/mol. The lowest BCUT2D eigenvalue weighted by Crippen LogP contribution is -2.26. The summed E-state index contributed by atoms with van der Waals surface area (Å²) in [5, 5.41) is 3.97. The van der Waals surface area contributed by atoms with E-state index in [1.54, 1.807) is 6.20 Å².